The minimum atomic E-state index is -3.78. The van der Waals surface area contributed by atoms with Crippen LogP contribution >= 0.6 is 10.7 Å². The Kier molecular flexibility index (Phi) is 2.63. The fourth-order valence-electron chi connectivity index (χ4n) is 1.28. The van der Waals surface area contributed by atoms with Crippen LogP contribution < -0.4 is 0 Å². The zero-order valence-electron chi connectivity index (χ0n) is 7.14. The molecular formula is C8H8ClFO2S. The summed E-state index contributed by atoms with van der Waals surface area (Å²) in [6.07, 6.45) is 0. The molecule has 0 aliphatic heterocycles. The summed E-state index contributed by atoms with van der Waals surface area (Å²) in [5.74, 6) is -0.459. The number of hydrogen-bond donors (Lipinski definition) is 0. The molecule has 72 valence electrons. The third kappa shape index (κ3) is 2.19. The molecule has 13 heavy (non-hydrogen) atoms. The molecule has 0 saturated carbocycles. The lowest BCUT2D eigenvalue weighted by Gasteiger charge is -2.05. The first-order chi connectivity index (χ1) is 5.82. The Labute approximate surface area is 80.8 Å². The molecule has 0 spiro atoms. The summed E-state index contributed by atoms with van der Waals surface area (Å²) in [5.41, 5.74) is 0.653. The van der Waals surface area contributed by atoms with Crippen molar-refractivity contribution in [1.29, 1.82) is 0 Å². The fraction of sp³-hybridized carbons (Fsp3) is 0.250. The Morgan fingerprint density at radius 1 is 1.23 bits per heavy atom. The van der Waals surface area contributed by atoms with Crippen molar-refractivity contribution in [1.82, 2.24) is 0 Å². The maximum Gasteiger partial charge on any atom is 0.261 e. The van der Waals surface area contributed by atoms with Crippen molar-refractivity contribution in [2.45, 2.75) is 18.7 Å². The zero-order valence-corrected chi connectivity index (χ0v) is 8.71. The van der Waals surface area contributed by atoms with Crippen LogP contribution in [0.4, 0.5) is 4.39 Å². The maximum atomic E-state index is 12.8. The van der Waals surface area contributed by atoms with Crippen LogP contribution in [0.2, 0.25) is 0 Å². The summed E-state index contributed by atoms with van der Waals surface area (Å²) >= 11 is 0. The number of rotatable bonds is 1. The van der Waals surface area contributed by atoms with Crippen molar-refractivity contribution in [2.24, 2.45) is 0 Å². The van der Waals surface area contributed by atoms with Crippen molar-refractivity contribution in [3.05, 3.63) is 29.1 Å². The number of hydrogen-bond acceptors (Lipinski definition) is 2. The molecule has 1 rings (SSSR count). The van der Waals surface area contributed by atoms with Crippen molar-refractivity contribution < 1.29 is 12.8 Å². The summed E-state index contributed by atoms with van der Waals surface area (Å²) < 4.78 is 34.8. The molecule has 5 heteroatoms. The van der Waals surface area contributed by atoms with Crippen LogP contribution in [0.5, 0.6) is 0 Å². The second-order valence-electron chi connectivity index (χ2n) is 2.81. The van der Waals surface area contributed by atoms with E-state index in [0.717, 1.165) is 12.1 Å². The fourth-order valence-corrected chi connectivity index (χ4v) is 2.90. The largest absolute Gasteiger partial charge is 0.261 e. The highest BCUT2D eigenvalue weighted by Gasteiger charge is 2.17. The second kappa shape index (κ2) is 3.27. The lowest BCUT2D eigenvalue weighted by molar-refractivity contribution is 0.605. The van der Waals surface area contributed by atoms with E-state index in [1.165, 1.54) is 13.8 Å². The third-order valence-corrected chi connectivity index (χ3v) is 3.26. The number of halogens is 2. The third-order valence-electron chi connectivity index (χ3n) is 1.67. The Balaban J connectivity index is 3.57. The van der Waals surface area contributed by atoms with Gasteiger partial charge < -0.3 is 0 Å². The molecule has 0 atom stereocenters. The highest BCUT2D eigenvalue weighted by Crippen LogP contribution is 2.24. The molecule has 0 amide bonds. The summed E-state index contributed by atoms with van der Waals surface area (Å²) in [6.45, 7) is 3.01. The van der Waals surface area contributed by atoms with E-state index in [2.05, 4.69) is 0 Å². The molecule has 1 aromatic carbocycles. The summed E-state index contributed by atoms with van der Waals surface area (Å²) in [7, 11) is 1.40. The van der Waals surface area contributed by atoms with Gasteiger partial charge in [-0.3, -0.25) is 0 Å². The van der Waals surface area contributed by atoms with E-state index >= 15 is 0 Å². The van der Waals surface area contributed by atoms with Gasteiger partial charge in [0.1, 0.15) is 5.82 Å². The SMILES string of the molecule is Cc1cc(F)cc(C)c1S(=O)(=O)Cl. The van der Waals surface area contributed by atoms with Crippen LogP contribution in [0.15, 0.2) is 17.0 Å². The number of aryl methyl sites for hydroxylation is 2. The average Bonchev–Trinajstić information content (AvgIpc) is 1.78. The summed E-state index contributed by atoms with van der Waals surface area (Å²) in [4.78, 5) is -0.00410. The van der Waals surface area contributed by atoms with Crippen LogP contribution in [0.1, 0.15) is 11.1 Å². The molecule has 0 bridgehead atoms. The van der Waals surface area contributed by atoms with Crippen molar-refractivity contribution in [2.75, 3.05) is 0 Å². The highest BCUT2D eigenvalue weighted by molar-refractivity contribution is 8.13. The standard InChI is InChI=1S/C8H8ClFO2S/c1-5-3-7(10)4-6(2)8(5)13(9,11)12/h3-4H,1-2H3. The predicted molar refractivity (Wildman–Crippen MR) is 48.9 cm³/mol. The quantitative estimate of drug-likeness (QED) is 0.684. The van der Waals surface area contributed by atoms with Crippen LogP contribution in [-0.2, 0) is 9.05 Å². The van der Waals surface area contributed by atoms with Gasteiger partial charge in [-0.25, -0.2) is 12.8 Å². The smallest absolute Gasteiger partial charge is 0.207 e. The lowest BCUT2D eigenvalue weighted by Crippen LogP contribution is -1.99. The molecule has 1 aromatic rings. The van der Waals surface area contributed by atoms with Crippen LogP contribution in [0.3, 0.4) is 0 Å². The van der Waals surface area contributed by atoms with E-state index in [1.807, 2.05) is 0 Å². The van der Waals surface area contributed by atoms with Crippen molar-refractivity contribution >= 4 is 19.7 Å². The Hall–Kier alpha value is -0.610. The molecule has 0 unspecified atom stereocenters. The van der Waals surface area contributed by atoms with Gasteiger partial charge in [0.25, 0.3) is 9.05 Å². The minimum Gasteiger partial charge on any atom is -0.207 e. The zero-order chi connectivity index (χ0) is 10.2. The normalized spacial score (nSPS) is 11.7. The Bertz CT molecular complexity index is 416. The van der Waals surface area contributed by atoms with Crippen LogP contribution in [0, 0.1) is 19.7 Å². The predicted octanol–water partition coefficient (Wildman–Crippen LogP) is 2.37. The first-order valence-corrected chi connectivity index (χ1v) is 5.84. The highest BCUT2D eigenvalue weighted by atomic mass is 35.7. The van der Waals surface area contributed by atoms with Gasteiger partial charge in [0, 0.05) is 10.7 Å². The van der Waals surface area contributed by atoms with Gasteiger partial charge in [-0.15, -0.1) is 0 Å². The molecule has 0 aromatic heterocycles. The molecule has 0 heterocycles. The van der Waals surface area contributed by atoms with E-state index in [0.29, 0.717) is 11.1 Å². The van der Waals surface area contributed by atoms with Crippen molar-refractivity contribution in [3.63, 3.8) is 0 Å². The first-order valence-electron chi connectivity index (χ1n) is 3.54. The molecule has 2 nitrogen and oxygen atoms in total. The van der Waals surface area contributed by atoms with E-state index < -0.39 is 14.9 Å². The van der Waals surface area contributed by atoms with Gasteiger partial charge in [0.05, 0.1) is 4.90 Å². The van der Waals surface area contributed by atoms with E-state index in [4.69, 9.17) is 10.7 Å². The van der Waals surface area contributed by atoms with E-state index in [1.54, 1.807) is 0 Å². The second-order valence-corrected chi connectivity index (χ2v) is 5.31. The molecule has 0 fully saturated rings. The van der Waals surface area contributed by atoms with Crippen molar-refractivity contribution in [3.8, 4) is 0 Å². The monoisotopic (exact) mass is 222 g/mol. The molecule has 0 N–H and O–H groups in total. The van der Waals surface area contributed by atoms with Crippen LogP contribution in [0.25, 0.3) is 0 Å². The van der Waals surface area contributed by atoms with Gasteiger partial charge in [-0.1, -0.05) is 0 Å². The molecule has 0 aliphatic carbocycles. The van der Waals surface area contributed by atoms with E-state index in [9.17, 15) is 12.8 Å². The first kappa shape index (κ1) is 10.5. The lowest BCUT2D eigenvalue weighted by atomic mass is 10.1. The van der Waals surface area contributed by atoms with Crippen LogP contribution in [-0.4, -0.2) is 8.42 Å². The van der Waals surface area contributed by atoms with E-state index in [-0.39, 0.29) is 4.90 Å². The molecular weight excluding hydrogens is 215 g/mol. The Morgan fingerprint density at radius 3 is 1.92 bits per heavy atom. The maximum absolute atomic E-state index is 12.8. The summed E-state index contributed by atoms with van der Waals surface area (Å²) in [5, 5.41) is 0. The van der Waals surface area contributed by atoms with Gasteiger partial charge in [0.15, 0.2) is 0 Å². The molecule has 0 saturated heterocycles. The van der Waals surface area contributed by atoms with Gasteiger partial charge >= 0.3 is 0 Å². The van der Waals surface area contributed by atoms with Gasteiger partial charge in [-0.05, 0) is 37.1 Å². The van der Waals surface area contributed by atoms with Gasteiger partial charge in [-0.2, -0.15) is 0 Å². The number of benzene rings is 1. The summed E-state index contributed by atoms with van der Waals surface area (Å²) in [6, 6.07) is 2.28. The average molecular weight is 223 g/mol. The molecule has 0 radical (unpaired) electrons. The minimum absolute atomic E-state index is 0.00410. The van der Waals surface area contributed by atoms with Gasteiger partial charge in [0.2, 0.25) is 0 Å². The molecule has 0 aliphatic rings. The topological polar surface area (TPSA) is 34.1 Å². The Morgan fingerprint density at radius 2 is 1.62 bits per heavy atom.